The Morgan fingerprint density at radius 3 is 2.32 bits per heavy atom. The Hall–Kier alpha value is -2.07. The molecule has 2 saturated heterocycles. The zero-order chi connectivity index (χ0) is 20.5. The molecule has 0 N–H and O–H groups in total. The van der Waals surface area contributed by atoms with Crippen LogP contribution in [0.1, 0.15) is 19.8 Å². The smallest absolute Gasteiger partial charge is 0.246 e. The number of benzene rings is 1. The first-order chi connectivity index (χ1) is 13.2. The molecule has 2 aliphatic heterocycles. The number of carbonyl (C=O) groups is 2. The second-order valence-corrected chi connectivity index (χ2v) is 9.01. The highest BCUT2D eigenvalue weighted by Crippen LogP contribution is 2.23. The lowest BCUT2D eigenvalue weighted by molar-refractivity contribution is -0.141. The first-order valence-corrected chi connectivity index (χ1v) is 10.6. The number of amides is 2. The van der Waals surface area contributed by atoms with Crippen molar-refractivity contribution in [3.63, 3.8) is 0 Å². The molecule has 28 heavy (non-hydrogen) atoms. The zero-order valence-corrected chi connectivity index (χ0v) is 16.4. The fourth-order valence-electron chi connectivity index (χ4n) is 3.70. The normalized spacial score (nSPS) is 21.6. The Balaban J connectivity index is 1.64. The van der Waals surface area contributed by atoms with Crippen LogP contribution in [0.2, 0.25) is 0 Å². The largest absolute Gasteiger partial charge is 0.342 e. The van der Waals surface area contributed by atoms with Gasteiger partial charge < -0.3 is 9.80 Å². The third-order valence-electron chi connectivity index (χ3n) is 5.28. The van der Waals surface area contributed by atoms with Crippen molar-refractivity contribution in [3.05, 3.63) is 29.8 Å². The lowest BCUT2D eigenvalue weighted by Crippen LogP contribution is -2.54. The van der Waals surface area contributed by atoms with E-state index in [1.54, 1.807) is 9.80 Å². The third-order valence-corrected chi connectivity index (χ3v) is 7.21. The Kier molecular flexibility index (Phi) is 5.99. The van der Waals surface area contributed by atoms with Gasteiger partial charge in [0.15, 0.2) is 0 Å². The topological polar surface area (TPSA) is 78.0 Å². The molecule has 2 fully saturated rings. The molecule has 0 bridgehead atoms. The van der Waals surface area contributed by atoms with E-state index >= 15 is 0 Å². The van der Waals surface area contributed by atoms with Gasteiger partial charge in [-0.05, 0) is 25.0 Å². The van der Waals surface area contributed by atoms with E-state index in [1.807, 2.05) is 0 Å². The summed E-state index contributed by atoms with van der Waals surface area (Å²) in [5.74, 6) is -2.41. The van der Waals surface area contributed by atoms with E-state index in [-0.39, 0.29) is 43.9 Å². The van der Waals surface area contributed by atoms with Gasteiger partial charge in [-0.3, -0.25) is 9.59 Å². The molecule has 0 aliphatic carbocycles. The minimum Gasteiger partial charge on any atom is -0.342 e. The number of piperidine rings is 1. The van der Waals surface area contributed by atoms with Gasteiger partial charge in [-0.1, -0.05) is 0 Å². The predicted molar refractivity (Wildman–Crippen MR) is 96.7 cm³/mol. The monoisotopic (exact) mass is 415 g/mol. The molecule has 0 aromatic heterocycles. The average molecular weight is 415 g/mol. The number of hydrogen-bond donors (Lipinski definition) is 0. The van der Waals surface area contributed by atoms with E-state index < -0.39 is 26.6 Å². The maximum atomic E-state index is 13.9. The highest BCUT2D eigenvalue weighted by molar-refractivity contribution is 7.89. The van der Waals surface area contributed by atoms with Crippen molar-refractivity contribution in [2.45, 2.75) is 24.7 Å². The van der Waals surface area contributed by atoms with Crippen LogP contribution in [-0.2, 0) is 19.6 Å². The lowest BCUT2D eigenvalue weighted by atomic mass is 9.96. The van der Waals surface area contributed by atoms with Crippen LogP contribution in [0.4, 0.5) is 8.78 Å². The van der Waals surface area contributed by atoms with Gasteiger partial charge in [0.05, 0.1) is 5.92 Å². The molecule has 154 valence electrons. The van der Waals surface area contributed by atoms with E-state index in [0.717, 1.165) is 22.9 Å². The van der Waals surface area contributed by atoms with Gasteiger partial charge in [-0.2, -0.15) is 4.31 Å². The summed E-state index contributed by atoms with van der Waals surface area (Å²) in [7, 11) is -4.10. The Morgan fingerprint density at radius 1 is 1.04 bits per heavy atom. The first kappa shape index (κ1) is 20.7. The van der Waals surface area contributed by atoms with Crippen LogP contribution in [0, 0.1) is 17.6 Å². The SMILES string of the molecule is CC(=O)N1CCC[C@H](C(=O)N2CCN(S(=O)(=O)c3ccc(F)cc3F)CC2)C1. The summed E-state index contributed by atoms with van der Waals surface area (Å²) >= 11 is 0. The van der Waals surface area contributed by atoms with Crippen LogP contribution in [0.15, 0.2) is 23.1 Å². The average Bonchev–Trinajstić information content (AvgIpc) is 2.67. The predicted octanol–water partition coefficient (Wildman–Crippen LogP) is 1.06. The second kappa shape index (κ2) is 8.12. The van der Waals surface area contributed by atoms with Crippen molar-refractivity contribution in [1.29, 1.82) is 0 Å². The van der Waals surface area contributed by atoms with Gasteiger partial charge in [0.1, 0.15) is 16.5 Å². The molecular weight excluding hydrogens is 392 g/mol. The van der Waals surface area contributed by atoms with Crippen molar-refractivity contribution in [3.8, 4) is 0 Å². The molecule has 0 unspecified atom stereocenters. The number of carbonyl (C=O) groups excluding carboxylic acids is 2. The van der Waals surface area contributed by atoms with Crippen LogP contribution in [0.25, 0.3) is 0 Å². The van der Waals surface area contributed by atoms with Crippen molar-refractivity contribution >= 4 is 21.8 Å². The minimum atomic E-state index is -4.10. The second-order valence-electron chi connectivity index (χ2n) is 7.11. The maximum absolute atomic E-state index is 13.9. The number of piperazine rings is 1. The Bertz CT molecular complexity index is 870. The number of rotatable bonds is 3. The summed E-state index contributed by atoms with van der Waals surface area (Å²) in [4.78, 5) is 27.0. The molecule has 1 atom stereocenters. The Morgan fingerprint density at radius 2 is 1.71 bits per heavy atom. The molecule has 1 aromatic rings. The molecule has 1 aromatic carbocycles. The van der Waals surface area contributed by atoms with Gasteiger partial charge in [0, 0.05) is 52.3 Å². The highest BCUT2D eigenvalue weighted by atomic mass is 32.2. The Labute approximate surface area is 162 Å². The molecule has 0 saturated carbocycles. The van der Waals surface area contributed by atoms with E-state index in [0.29, 0.717) is 25.6 Å². The summed E-state index contributed by atoms with van der Waals surface area (Å²) in [5, 5.41) is 0. The molecule has 3 rings (SSSR count). The summed E-state index contributed by atoms with van der Waals surface area (Å²) in [6.07, 6.45) is 1.45. The lowest BCUT2D eigenvalue weighted by Gasteiger charge is -2.38. The van der Waals surface area contributed by atoms with Crippen LogP contribution >= 0.6 is 0 Å². The van der Waals surface area contributed by atoms with Gasteiger partial charge in [0.25, 0.3) is 0 Å². The fraction of sp³-hybridized carbons (Fsp3) is 0.556. The van der Waals surface area contributed by atoms with Crippen molar-refractivity contribution in [2.24, 2.45) is 5.92 Å². The van der Waals surface area contributed by atoms with Crippen molar-refractivity contribution in [1.82, 2.24) is 14.1 Å². The van der Waals surface area contributed by atoms with Gasteiger partial charge >= 0.3 is 0 Å². The van der Waals surface area contributed by atoms with Crippen LogP contribution in [0.3, 0.4) is 0 Å². The maximum Gasteiger partial charge on any atom is 0.246 e. The molecule has 2 aliphatic rings. The molecule has 7 nitrogen and oxygen atoms in total. The van der Waals surface area contributed by atoms with Gasteiger partial charge in [-0.15, -0.1) is 0 Å². The zero-order valence-electron chi connectivity index (χ0n) is 15.6. The molecule has 2 amide bonds. The summed E-state index contributed by atoms with van der Waals surface area (Å²) < 4.78 is 53.3. The van der Waals surface area contributed by atoms with E-state index in [1.165, 1.54) is 6.92 Å². The number of halogens is 2. The van der Waals surface area contributed by atoms with Crippen LogP contribution in [-0.4, -0.2) is 73.6 Å². The van der Waals surface area contributed by atoms with Crippen LogP contribution in [0.5, 0.6) is 0 Å². The van der Waals surface area contributed by atoms with Crippen molar-refractivity contribution < 1.29 is 26.8 Å². The van der Waals surface area contributed by atoms with E-state index in [4.69, 9.17) is 0 Å². The van der Waals surface area contributed by atoms with E-state index in [9.17, 15) is 26.8 Å². The summed E-state index contributed by atoms with van der Waals surface area (Å²) in [6, 6.07) is 2.35. The molecule has 0 spiro atoms. The third kappa shape index (κ3) is 4.17. The van der Waals surface area contributed by atoms with Gasteiger partial charge in [-0.25, -0.2) is 17.2 Å². The first-order valence-electron chi connectivity index (χ1n) is 9.19. The number of hydrogen-bond acceptors (Lipinski definition) is 4. The number of nitrogens with zero attached hydrogens (tertiary/aromatic N) is 3. The standard InChI is InChI=1S/C18H23F2N3O4S/c1-13(24)22-6-2-3-14(12-22)18(25)21-7-9-23(10-8-21)28(26,27)17-5-4-15(19)11-16(17)20/h4-5,11,14H,2-3,6-10,12H2,1H3/t14-/m0/s1. The summed E-state index contributed by atoms with van der Waals surface area (Å²) in [6.45, 7) is 2.96. The minimum absolute atomic E-state index is 0.0357. The number of sulfonamides is 1. The van der Waals surface area contributed by atoms with Crippen LogP contribution < -0.4 is 0 Å². The molecule has 2 heterocycles. The molecule has 0 radical (unpaired) electrons. The van der Waals surface area contributed by atoms with Crippen molar-refractivity contribution in [2.75, 3.05) is 39.3 Å². The fourth-order valence-corrected chi connectivity index (χ4v) is 5.16. The summed E-state index contributed by atoms with van der Waals surface area (Å²) in [5.41, 5.74) is 0. The quantitative estimate of drug-likeness (QED) is 0.740. The van der Waals surface area contributed by atoms with Gasteiger partial charge in [0.2, 0.25) is 21.8 Å². The molecular formula is C18H23F2N3O4S. The van der Waals surface area contributed by atoms with E-state index in [2.05, 4.69) is 0 Å². The highest BCUT2D eigenvalue weighted by Gasteiger charge is 2.35. The molecule has 10 heteroatoms. The number of likely N-dealkylation sites (tertiary alicyclic amines) is 1.